The van der Waals surface area contributed by atoms with Crippen LogP contribution in [0.4, 0.5) is 11.4 Å². The van der Waals surface area contributed by atoms with Gasteiger partial charge in [-0.1, -0.05) is 11.6 Å². The molecule has 1 saturated heterocycles. The molecule has 2 aliphatic heterocycles. The van der Waals surface area contributed by atoms with Gasteiger partial charge in [0.25, 0.3) is 5.91 Å². The van der Waals surface area contributed by atoms with Crippen LogP contribution in [0.15, 0.2) is 42.5 Å². The second kappa shape index (κ2) is 8.21. The summed E-state index contributed by atoms with van der Waals surface area (Å²) in [5, 5.41) is 0.493. The molecule has 0 unspecified atom stereocenters. The molecular formula is C21H22ClN3O4. The summed E-state index contributed by atoms with van der Waals surface area (Å²) in [6.07, 6.45) is 0. The maximum atomic E-state index is 12.9. The molecule has 2 heterocycles. The molecular weight excluding hydrogens is 394 g/mol. The van der Waals surface area contributed by atoms with E-state index in [2.05, 4.69) is 4.90 Å². The minimum atomic E-state index is -0.245. The lowest BCUT2D eigenvalue weighted by Gasteiger charge is -2.37. The predicted molar refractivity (Wildman–Crippen MR) is 111 cm³/mol. The van der Waals surface area contributed by atoms with Crippen LogP contribution in [-0.2, 0) is 9.59 Å². The molecule has 0 radical (unpaired) electrons. The Kier molecular flexibility index (Phi) is 5.49. The SMILES string of the molecule is COc1ccc(N2CCN(C(=O)CN3C(=O)COc4ccc(Cl)cc43)CC2)cc1. The van der Waals surface area contributed by atoms with Crippen molar-refractivity contribution in [1.29, 1.82) is 0 Å². The van der Waals surface area contributed by atoms with Crippen molar-refractivity contribution in [2.24, 2.45) is 0 Å². The third-order valence-corrected chi connectivity index (χ3v) is 5.46. The zero-order valence-electron chi connectivity index (χ0n) is 16.1. The number of hydrogen-bond acceptors (Lipinski definition) is 5. The number of methoxy groups -OCH3 is 1. The Morgan fingerprint density at radius 2 is 1.83 bits per heavy atom. The largest absolute Gasteiger partial charge is 0.497 e. The van der Waals surface area contributed by atoms with Crippen LogP contribution < -0.4 is 19.3 Å². The third-order valence-electron chi connectivity index (χ3n) is 5.23. The Bertz CT molecular complexity index is 911. The third kappa shape index (κ3) is 4.10. The average molecular weight is 416 g/mol. The minimum absolute atomic E-state index is 0.0158. The van der Waals surface area contributed by atoms with Crippen LogP contribution in [0.3, 0.4) is 0 Å². The fourth-order valence-electron chi connectivity index (χ4n) is 3.59. The molecule has 2 aromatic rings. The lowest BCUT2D eigenvalue weighted by atomic mass is 10.2. The molecule has 8 heteroatoms. The number of piperazine rings is 1. The molecule has 0 aromatic heterocycles. The first kappa shape index (κ1) is 19.4. The molecule has 0 aliphatic carbocycles. The zero-order valence-corrected chi connectivity index (χ0v) is 16.9. The first-order valence-corrected chi connectivity index (χ1v) is 9.82. The summed E-state index contributed by atoms with van der Waals surface area (Å²) >= 11 is 6.07. The van der Waals surface area contributed by atoms with E-state index in [1.54, 1.807) is 30.2 Å². The molecule has 1 fully saturated rings. The number of amides is 2. The molecule has 2 amide bonds. The van der Waals surface area contributed by atoms with Gasteiger partial charge in [-0.05, 0) is 42.5 Å². The highest BCUT2D eigenvalue weighted by atomic mass is 35.5. The monoisotopic (exact) mass is 415 g/mol. The number of rotatable bonds is 4. The number of benzene rings is 2. The number of carbonyl (C=O) groups excluding carboxylic acids is 2. The average Bonchev–Trinajstić information content (AvgIpc) is 2.76. The van der Waals surface area contributed by atoms with Gasteiger partial charge in [0, 0.05) is 36.9 Å². The van der Waals surface area contributed by atoms with Crippen LogP contribution in [0.1, 0.15) is 0 Å². The maximum absolute atomic E-state index is 12.9. The van der Waals surface area contributed by atoms with Crippen LogP contribution in [-0.4, -0.2) is 63.2 Å². The number of ether oxygens (including phenoxy) is 2. The van der Waals surface area contributed by atoms with Crippen molar-refractivity contribution in [3.63, 3.8) is 0 Å². The molecule has 29 heavy (non-hydrogen) atoms. The molecule has 0 spiro atoms. The molecule has 0 atom stereocenters. The highest BCUT2D eigenvalue weighted by Crippen LogP contribution is 2.34. The van der Waals surface area contributed by atoms with Crippen molar-refractivity contribution in [2.45, 2.75) is 0 Å². The van der Waals surface area contributed by atoms with Crippen LogP contribution in [0.25, 0.3) is 0 Å². The second-order valence-corrected chi connectivity index (χ2v) is 7.38. The van der Waals surface area contributed by atoms with E-state index in [1.807, 2.05) is 24.3 Å². The van der Waals surface area contributed by atoms with Crippen LogP contribution in [0.2, 0.25) is 5.02 Å². The Labute approximate surface area is 174 Å². The van der Waals surface area contributed by atoms with Gasteiger partial charge >= 0.3 is 0 Å². The number of hydrogen-bond donors (Lipinski definition) is 0. The number of halogens is 1. The van der Waals surface area contributed by atoms with Crippen molar-refractivity contribution < 1.29 is 19.1 Å². The highest BCUT2D eigenvalue weighted by Gasteiger charge is 2.30. The molecule has 7 nitrogen and oxygen atoms in total. The van der Waals surface area contributed by atoms with Crippen molar-refractivity contribution >= 4 is 34.8 Å². The van der Waals surface area contributed by atoms with Gasteiger partial charge in [-0.15, -0.1) is 0 Å². The van der Waals surface area contributed by atoms with Crippen LogP contribution in [0.5, 0.6) is 11.5 Å². The van der Waals surface area contributed by atoms with Crippen molar-refractivity contribution in [3.05, 3.63) is 47.5 Å². The summed E-state index contributed by atoms with van der Waals surface area (Å²) in [7, 11) is 1.64. The first-order chi connectivity index (χ1) is 14.0. The van der Waals surface area contributed by atoms with Crippen LogP contribution in [0, 0.1) is 0 Å². The lowest BCUT2D eigenvalue weighted by Crippen LogP contribution is -2.53. The smallest absolute Gasteiger partial charge is 0.265 e. The summed E-state index contributed by atoms with van der Waals surface area (Å²) < 4.78 is 10.6. The number of nitrogens with zero attached hydrogens (tertiary/aromatic N) is 3. The molecule has 2 aromatic carbocycles. The van der Waals surface area contributed by atoms with E-state index in [1.165, 1.54) is 4.90 Å². The van der Waals surface area contributed by atoms with Gasteiger partial charge in [-0.2, -0.15) is 0 Å². The molecule has 0 bridgehead atoms. The van der Waals surface area contributed by atoms with E-state index >= 15 is 0 Å². The molecule has 152 valence electrons. The van der Waals surface area contributed by atoms with E-state index in [-0.39, 0.29) is 25.0 Å². The summed E-state index contributed by atoms with van der Waals surface area (Å²) in [5.41, 5.74) is 1.64. The van der Waals surface area contributed by atoms with Crippen molar-refractivity contribution in [2.75, 3.05) is 56.2 Å². The van der Waals surface area contributed by atoms with Gasteiger partial charge in [0.2, 0.25) is 5.91 Å². The Morgan fingerprint density at radius 1 is 1.10 bits per heavy atom. The Morgan fingerprint density at radius 3 is 2.52 bits per heavy atom. The summed E-state index contributed by atoms with van der Waals surface area (Å²) in [6.45, 7) is 2.58. The topological polar surface area (TPSA) is 62.3 Å². The zero-order chi connectivity index (χ0) is 20.4. The van der Waals surface area contributed by atoms with E-state index < -0.39 is 0 Å². The van der Waals surface area contributed by atoms with Crippen molar-refractivity contribution in [1.82, 2.24) is 4.90 Å². The van der Waals surface area contributed by atoms with E-state index in [4.69, 9.17) is 21.1 Å². The fraction of sp³-hybridized carbons (Fsp3) is 0.333. The Balaban J connectivity index is 1.39. The van der Waals surface area contributed by atoms with Gasteiger partial charge < -0.3 is 19.3 Å². The van der Waals surface area contributed by atoms with E-state index in [0.717, 1.165) is 24.5 Å². The van der Waals surface area contributed by atoms with Crippen LogP contribution >= 0.6 is 11.6 Å². The maximum Gasteiger partial charge on any atom is 0.265 e. The van der Waals surface area contributed by atoms with E-state index in [9.17, 15) is 9.59 Å². The van der Waals surface area contributed by atoms with Gasteiger partial charge in [-0.3, -0.25) is 14.5 Å². The second-order valence-electron chi connectivity index (χ2n) is 6.95. The summed E-state index contributed by atoms with van der Waals surface area (Å²) in [5.74, 6) is 1.05. The fourth-order valence-corrected chi connectivity index (χ4v) is 3.76. The normalized spacial score (nSPS) is 16.3. The summed E-state index contributed by atoms with van der Waals surface area (Å²) in [6, 6.07) is 13.0. The number of anilines is 2. The summed E-state index contributed by atoms with van der Waals surface area (Å²) in [4.78, 5) is 30.7. The van der Waals surface area contributed by atoms with E-state index in [0.29, 0.717) is 29.5 Å². The molecule has 0 N–H and O–H groups in total. The standard InChI is InChI=1S/C21H22ClN3O4/c1-28-17-5-3-16(4-6-17)23-8-10-24(11-9-23)20(26)13-25-18-12-15(22)2-7-19(18)29-14-21(25)27/h2-7,12H,8-11,13-14H2,1H3. The predicted octanol–water partition coefficient (Wildman–Crippen LogP) is 2.42. The minimum Gasteiger partial charge on any atom is -0.497 e. The highest BCUT2D eigenvalue weighted by molar-refractivity contribution is 6.31. The number of fused-ring (bicyclic) bond motifs is 1. The quantitative estimate of drug-likeness (QED) is 0.767. The van der Waals surface area contributed by atoms with Gasteiger partial charge in [0.05, 0.1) is 12.8 Å². The number of carbonyl (C=O) groups is 2. The van der Waals surface area contributed by atoms with Gasteiger partial charge in [0.15, 0.2) is 6.61 Å². The van der Waals surface area contributed by atoms with Gasteiger partial charge in [0.1, 0.15) is 18.0 Å². The lowest BCUT2D eigenvalue weighted by molar-refractivity contribution is -0.132. The molecule has 2 aliphatic rings. The molecule has 4 rings (SSSR count). The first-order valence-electron chi connectivity index (χ1n) is 9.44. The Hall–Kier alpha value is -2.93. The van der Waals surface area contributed by atoms with Crippen molar-refractivity contribution in [3.8, 4) is 11.5 Å². The van der Waals surface area contributed by atoms with Gasteiger partial charge in [-0.25, -0.2) is 0 Å². The molecule has 0 saturated carbocycles.